The lowest BCUT2D eigenvalue weighted by atomic mass is 9.92. The van der Waals surface area contributed by atoms with E-state index >= 15 is 0 Å². The van der Waals surface area contributed by atoms with Gasteiger partial charge in [0.05, 0.1) is 46.9 Å². The average Bonchev–Trinajstić information content (AvgIpc) is 3.48. The fourth-order valence-corrected chi connectivity index (χ4v) is 8.05. The normalized spacial score (nSPS) is 20.9. The van der Waals surface area contributed by atoms with Crippen LogP contribution in [0.1, 0.15) is 67.2 Å². The molecule has 3 aliphatic rings. The number of hydrogen-bond donors (Lipinski definition) is 2. The lowest BCUT2D eigenvalue weighted by Gasteiger charge is -2.36. The van der Waals surface area contributed by atoms with Crippen molar-refractivity contribution in [3.8, 4) is 17.1 Å². The maximum Gasteiger partial charge on any atom is 0.264 e. The molecule has 1 aliphatic carbocycles. The zero-order valence-electron chi connectivity index (χ0n) is 30.9. The van der Waals surface area contributed by atoms with Crippen LogP contribution in [-0.4, -0.2) is 99.5 Å². The summed E-state index contributed by atoms with van der Waals surface area (Å²) >= 11 is 0. The molecular formula is C38H46N8O6S. The molecule has 3 atom stereocenters. The minimum absolute atomic E-state index is 0.0324. The number of carbonyl (C=O) groups is 1. The number of amides is 1. The van der Waals surface area contributed by atoms with Crippen LogP contribution in [0.2, 0.25) is 0 Å². The van der Waals surface area contributed by atoms with Crippen molar-refractivity contribution in [1.82, 2.24) is 29.7 Å². The molecule has 1 saturated heterocycles. The van der Waals surface area contributed by atoms with Crippen molar-refractivity contribution < 1.29 is 27.8 Å². The lowest BCUT2D eigenvalue weighted by Crippen LogP contribution is -2.49. The molecule has 4 heterocycles. The van der Waals surface area contributed by atoms with Crippen LogP contribution in [0.5, 0.6) is 5.88 Å². The predicted octanol–water partition coefficient (Wildman–Crippen LogP) is 4.52. The number of fused-ring (bicyclic) bond motifs is 5. The van der Waals surface area contributed by atoms with E-state index in [1.807, 2.05) is 59.9 Å². The largest absolute Gasteiger partial charge is 0.471 e. The number of aromatic nitrogens is 4. The molecule has 0 radical (unpaired) electrons. The van der Waals surface area contributed by atoms with Crippen LogP contribution in [0.25, 0.3) is 11.3 Å². The second kappa shape index (κ2) is 14.3. The molecule has 2 N–H and O–H groups in total. The summed E-state index contributed by atoms with van der Waals surface area (Å²) < 4.78 is 42.8. The van der Waals surface area contributed by atoms with E-state index in [9.17, 15) is 18.3 Å². The van der Waals surface area contributed by atoms with Gasteiger partial charge < -0.3 is 24.4 Å². The highest BCUT2D eigenvalue weighted by atomic mass is 32.2. The number of anilines is 2. The van der Waals surface area contributed by atoms with Crippen molar-refractivity contribution in [1.29, 1.82) is 0 Å². The molecule has 2 aromatic heterocycles. The number of ether oxygens (including phenoxy) is 2. The van der Waals surface area contributed by atoms with E-state index in [0.29, 0.717) is 23.2 Å². The first kappa shape index (κ1) is 36.6. The third kappa shape index (κ3) is 7.84. The fraction of sp³-hybridized carbons (Fsp3) is 0.447. The van der Waals surface area contributed by atoms with Crippen LogP contribution in [0.4, 0.5) is 11.8 Å². The Morgan fingerprint density at radius 3 is 2.47 bits per heavy atom. The second-order valence-corrected chi connectivity index (χ2v) is 16.7. The zero-order valence-corrected chi connectivity index (χ0v) is 31.7. The SMILES string of the molecule is Cc1cccc(C)c1-c1cc2nc(n1)NS(=O)(=O)c1cccc(c1)C(=O)N(Cc1cncc(N(C)C3CCC3)n1)[C@@H]1CN(C(O)OC(C)(C)C)C[C@H]1O2. The van der Waals surface area contributed by atoms with Gasteiger partial charge in [-0.3, -0.25) is 9.78 Å². The molecule has 2 aliphatic heterocycles. The van der Waals surface area contributed by atoms with Crippen LogP contribution in [0.15, 0.2) is 65.8 Å². The number of rotatable bonds is 7. The van der Waals surface area contributed by atoms with Gasteiger partial charge in [-0.2, -0.15) is 4.98 Å². The van der Waals surface area contributed by atoms with E-state index in [1.54, 1.807) is 34.3 Å². The van der Waals surface area contributed by atoms with Crippen LogP contribution in [0, 0.1) is 13.8 Å². The Morgan fingerprint density at radius 2 is 1.77 bits per heavy atom. The van der Waals surface area contributed by atoms with Crippen LogP contribution >= 0.6 is 0 Å². The number of aryl methyl sites for hydroxylation is 2. The van der Waals surface area contributed by atoms with Crippen molar-refractivity contribution in [2.75, 3.05) is 29.8 Å². The van der Waals surface area contributed by atoms with Crippen LogP contribution < -0.4 is 14.4 Å². The number of hydrogen-bond acceptors (Lipinski definition) is 12. The van der Waals surface area contributed by atoms with Crippen molar-refractivity contribution >= 4 is 27.7 Å². The van der Waals surface area contributed by atoms with E-state index < -0.39 is 40.1 Å². The Balaban J connectivity index is 1.36. The lowest BCUT2D eigenvalue weighted by molar-refractivity contribution is -0.235. The molecule has 15 heteroatoms. The molecule has 2 fully saturated rings. The van der Waals surface area contributed by atoms with E-state index in [2.05, 4.69) is 24.6 Å². The van der Waals surface area contributed by atoms with Crippen molar-refractivity contribution in [3.63, 3.8) is 0 Å². The number of likely N-dealkylation sites (tertiary alicyclic amines) is 1. The number of nitrogens with zero attached hydrogens (tertiary/aromatic N) is 7. The molecular weight excluding hydrogens is 697 g/mol. The van der Waals surface area contributed by atoms with Gasteiger partial charge in [-0.05, 0) is 83.2 Å². The van der Waals surface area contributed by atoms with Gasteiger partial charge in [-0.25, -0.2) is 28.0 Å². The second-order valence-electron chi connectivity index (χ2n) is 15.0. The van der Waals surface area contributed by atoms with Crippen molar-refractivity contribution in [2.24, 2.45) is 0 Å². The molecule has 1 unspecified atom stereocenters. The number of aliphatic hydroxyl groups is 1. The first-order valence-electron chi connectivity index (χ1n) is 17.8. The molecule has 280 valence electrons. The number of sulfonamides is 1. The van der Waals surface area contributed by atoms with Gasteiger partial charge in [0.1, 0.15) is 11.9 Å². The van der Waals surface area contributed by atoms with Gasteiger partial charge in [0.15, 0.2) is 0 Å². The summed E-state index contributed by atoms with van der Waals surface area (Å²) in [5.74, 6) is 0.174. The van der Waals surface area contributed by atoms with Crippen LogP contribution in [0.3, 0.4) is 0 Å². The summed E-state index contributed by atoms with van der Waals surface area (Å²) in [6, 6.07) is 13.1. The number of aliphatic hydroxyl groups excluding tert-OH is 1. The van der Waals surface area contributed by atoms with Gasteiger partial charge in [0, 0.05) is 43.4 Å². The summed E-state index contributed by atoms with van der Waals surface area (Å²) in [5.41, 5.74) is 3.17. The number of benzene rings is 2. The third-order valence-electron chi connectivity index (χ3n) is 10.0. The standard InChI is InChI=1S/C38H46N8O6S/c1-23-10-7-11-24(2)34(23)29-17-33-42-36(41-29)43-53(49,50)28-15-8-12-25(16-28)35(47)46(20-26-18-39-19-32(40-26)44(6)27-13-9-14-27)30-21-45(22-31(30)51-33)37(48)52-38(3,4)5/h7-8,10-12,15-19,27,30-31,37,48H,9,13-14,20-22H2,1-6H3,(H,41,42,43)/t30-,31-,37?/m1/s1. The minimum atomic E-state index is -4.24. The Bertz CT molecular complexity index is 2100. The molecule has 2 aromatic carbocycles. The monoisotopic (exact) mass is 742 g/mol. The minimum Gasteiger partial charge on any atom is -0.471 e. The molecule has 1 saturated carbocycles. The molecule has 4 bridgehead atoms. The Hall–Kier alpha value is -4.70. The summed E-state index contributed by atoms with van der Waals surface area (Å²) in [5, 5.41) is 11.3. The summed E-state index contributed by atoms with van der Waals surface area (Å²) in [6.07, 6.45) is 4.61. The van der Waals surface area contributed by atoms with Crippen LogP contribution in [-0.2, 0) is 21.3 Å². The molecule has 14 nitrogen and oxygen atoms in total. The molecule has 1 amide bonds. The highest BCUT2D eigenvalue weighted by molar-refractivity contribution is 7.92. The zero-order chi connectivity index (χ0) is 37.7. The fourth-order valence-electron chi connectivity index (χ4n) is 7.06. The van der Waals surface area contributed by atoms with E-state index in [0.717, 1.165) is 29.5 Å². The van der Waals surface area contributed by atoms with Gasteiger partial charge >= 0.3 is 0 Å². The Kier molecular flexibility index (Phi) is 9.87. The van der Waals surface area contributed by atoms with Gasteiger partial charge in [-0.1, -0.05) is 24.3 Å². The molecule has 53 heavy (non-hydrogen) atoms. The Morgan fingerprint density at radius 1 is 1.04 bits per heavy atom. The topological polar surface area (TPSA) is 163 Å². The molecule has 7 rings (SSSR count). The summed E-state index contributed by atoms with van der Waals surface area (Å²) in [6.45, 7) is 9.82. The number of nitrogens with one attached hydrogen (secondary N) is 1. The smallest absolute Gasteiger partial charge is 0.264 e. The molecule has 0 spiro atoms. The summed E-state index contributed by atoms with van der Waals surface area (Å²) in [7, 11) is -2.24. The van der Waals surface area contributed by atoms with E-state index in [4.69, 9.17) is 14.5 Å². The maximum absolute atomic E-state index is 14.7. The first-order valence-corrected chi connectivity index (χ1v) is 19.3. The van der Waals surface area contributed by atoms with Gasteiger partial charge in [-0.15, -0.1) is 0 Å². The van der Waals surface area contributed by atoms with Gasteiger partial charge in [0.25, 0.3) is 15.9 Å². The molecule has 4 aromatic rings. The van der Waals surface area contributed by atoms with Gasteiger partial charge in [0.2, 0.25) is 18.2 Å². The highest BCUT2D eigenvalue weighted by Crippen LogP contribution is 2.33. The van der Waals surface area contributed by atoms with Crippen molar-refractivity contribution in [2.45, 2.75) is 95.5 Å². The average molecular weight is 743 g/mol. The quantitative estimate of drug-likeness (QED) is 0.255. The van der Waals surface area contributed by atoms with E-state index in [-0.39, 0.29) is 41.9 Å². The summed E-state index contributed by atoms with van der Waals surface area (Å²) in [4.78, 5) is 38.6. The maximum atomic E-state index is 14.7. The number of carbonyl (C=O) groups excluding carboxylic acids is 1. The Labute approximate surface area is 310 Å². The highest BCUT2D eigenvalue weighted by Gasteiger charge is 2.44. The van der Waals surface area contributed by atoms with E-state index in [1.165, 1.54) is 24.6 Å². The third-order valence-corrected chi connectivity index (χ3v) is 11.3. The predicted molar refractivity (Wildman–Crippen MR) is 199 cm³/mol. The van der Waals surface area contributed by atoms with Crippen molar-refractivity contribution in [3.05, 3.63) is 83.3 Å². The first-order chi connectivity index (χ1) is 25.1.